The van der Waals surface area contributed by atoms with Crippen molar-refractivity contribution in [3.8, 4) is 0 Å². The summed E-state index contributed by atoms with van der Waals surface area (Å²) in [6.07, 6.45) is 5.34. The van der Waals surface area contributed by atoms with Crippen LogP contribution in [0, 0.1) is 12.3 Å². The predicted octanol–water partition coefficient (Wildman–Crippen LogP) is 2.82. The van der Waals surface area contributed by atoms with Crippen molar-refractivity contribution in [2.45, 2.75) is 52.6 Å². The van der Waals surface area contributed by atoms with Crippen molar-refractivity contribution in [2.24, 2.45) is 5.41 Å². The standard InChI is InChI=1S/C20H32N4OS/c1-15(2)6-10-24-9-5-7-20(8-11-23(4)13-17(20)24)19(25)21-12-18-22-16(3)14-26-18/h6,14,17H,5,7-13H2,1-4H3,(H,21,25)/t17-,20+/m0/s1. The summed E-state index contributed by atoms with van der Waals surface area (Å²) in [5.74, 6) is 0.227. The van der Waals surface area contributed by atoms with E-state index >= 15 is 0 Å². The van der Waals surface area contributed by atoms with E-state index in [4.69, 9.17) is 0 Å². The zero-order valence-corrected chi connectivity index (χ0v) is 17.4. The molecule has 3 heterocycles. The Labute approximate surface area is 161 Å². The largest absolute Gasteiger partial charge is 0.349 e. The Hall–Kier alpha value is -1.24. The van der Waals surface area contributed by atoms with Crippen molar-refractivity contribution in [3.63, 3.8) is 0 Å². The fraction of sp³-hybridized carbons (Fsp3) is 0.700. The minimum Gasteiger partial charge on any atom is -0.349 e. The third-order valence-electron chi connectivity index (χ3n) is 5.82. The molecule has 1 amide bonds. The second kappa shape index (κ2) is 8.19. The molecule has 0 radical (unpaired) electrons. The SMILES string of the molecule is CC(C)=CCN1CCC[C@@]2(C(=O)NCc3nc(C)cs3)CCN(C)C[C@H]12. The minimum absolute atomic E-state index is 0.227. The number of aromatic nitrogens is 1. The molecule has 1 N–H and O–H groups in total. The molecule has 144 valence electrons. The molecule has 2 aliphatic rings. The first-order valence-electron chi connectivity index (χ1n) is 9.66. The van der Waals surface area contributed by atoms with Crippen LogP contribution in [0.4, 0.5) is 0 Å². The van der Waals surface area contributed by atoms with E-state index in [0.717, 1.165) is 56.1 Å². The van der Waals surface area contributed by atoms with Gasteiger partial charge in [-0.1, -0.05) is 11.6 Å². The monoisotopic (exact) mass is 376 g/mol. The number of rotatable bonds is 5. The molecule has 2 fully saturated rings. The maximum atomic E-state index is 13.3. The zero-order chi connectivity index (χ0) is 18.7. The van der Waals surface area contributed by atoms with Crippen LogP contribution in [0.15, 0.2) is 17.0 Å². The highest BCUT2D eigenvalue weighted by Gasteiger charge is 2.51. The third-order valence-corrected chi connectivity index (χ3v) is 6.79. The van der Waals surface area contributed by atoms with Crippen LogP contribution in [-0.2, 0) is 11.3 Å². The van der Waals surface area contributed by atoms with Crippen LogP contribution in [0.2, 0.25) is 0 Å². The number of likely N-dealkylation sites (tertiary alicyclic amines) is 2. The summed E-state index contributed by atoms with van der Waals surface area (Å²) in [4.78, 5) is 22.7. The molecule has 0 spiro atoms. The lowest BCUT2D eigenvalue weighted by Crippen LogP contribution is -2.65. The maximum absolute atomic E-state index is 13.3. The second-order valence-corrected chi connectivity index (χ2v) is 9.07. The van der Waals surface area contributed by atoms with E-state index in [-0.39, 0.29) is 11.3 Å². The molecule has 26 heavy (non-hydrogen) atoms. The van der Waals surface area contributed by atoms with E-state index in [9.17, 15) is 4.79 Å². The number of aryl methyl sites for hydroxylation is 1. The summed E-state index contributed by atoms with van der Waals surface area (Å²) >= 11 is 1.63. The van der Waals surface area contributed by atoms with E-state index < -0.39 is 0 Å². The Morgan fingerprint density at radius 1 is 1.42 bits per heavy atom. The van der Waals surface area contributed by atoms with E-state index in [1.165, 1.54) is 5.57 Å². The number of fused-ring (bicyclic) bond motifs is 1. The van der Waals surface area contributed by atoms with Gasteiger partial charge in [-0.25, -0.2) is 4.98 Å². The van der Waals surface area contributed by atoms with Gasteiger partial charge >= 0.3 is 0 Å². The van der Waals surface area contributed by atoms with Crippen molar-refractivity contribution in [1.82, 2.24) is 20.1 Å². The Kier molecular flexibility index (Phi) is 6.15. The quantitative estimate of drug-likeness (QED) is 0.803. The third kappa shape index (κ3) is 4.18. The van der Waals surface area contributed by atoms with Crippen LogP contribution in [-0.4, -0.2) is 60.0 Å². The lowest BCUT2D eigenvalue weighted by Gasteiger charge is -2.53. The van der Waals surface area contributed by atoms with Gasteiger partial charge in [-0.2, -0.15) is 0 Å². The average Bonchev–Trinajstić information content (AvgIpc) is 3.03. The van der Waals surface area contributed by atoms with Crippen LogP contribution in [0.5, 0.6) is 0 Å². The summed E-state index contributed by atoms with van der Waals surface area (Å²) in [7, 11) is 2.17. The first-order valence-corrected chi connectivity index (χ1v) is 10.5. The number of thiazole rings is 1. The van der Waals surface area contributed by atoms with Gasteiger partial charge in [-0.05, 0) is 60.2 Å². The highest BCUT2D eigenvalue weighted by molar-refractivity contribution is 7.09. The molecule has 0 saturated carbocycles. The molecular formula is C20H32N4OS. The molecule has 5 nitrogen and oxygen atoms in total. The number of hydrogen-bond acceptors (Lipinski definition) is 5. The first-order chi connectivity index (χ1) is 12.4. The number of likely N-dealkylation sites (N-methyl/N-ethyl adjacent to an activating group) is 1. The number of carbonyl (C=O) groups is 1. The Morgan fingerprint density at radius 3 is 2.92 bits per heavy atom. The Bertz CT molecular complexity index is 667. The summed E-state index contributed by atoms with van der Waals surface area (Å²) in [6, 6.07) is 0.295. The van der Waals surface area contributed by atoms with Gasteiger partial charge in [0.1, 0.15) is 5.01 Å². The van der Waals surface area contributed by atoms with Gasteiger partial charge in [-0.15, -0.1) is 11.3 Å². The van der Waals surface area contributed by atoms with Crippen LogP contribution < -0.4 is 5.32 Å². The number of allylic oxidation sites excluding steroid dienone is 1. The number of nitrogens with one attached hydrogen (secondary N) is 1. The molecule has 2 saturated heterocycles. The van der Waals surface area contributed by atoms with Crippen LogP contribution in [0.1, 0.15) is 43.8 Å². The van der Waals surface area contributed by atoms with E-state index in [1.54, 1.807) is 11.3 Å². The Balaban J connectivity index is 1.75. The van der Waals surface area contributed by atoms with Crippen molar-refractivity contribution in [3.05, 3.63) is 27.7 Å². The van der Waals surface area contributed by atoms with Gasteiger partial charge in [0.2, 0.25) is 5.91 Å². The number of hydrogen-bond donors (Lipinski definition) is 1. The lowest BCUT2D eigenvalue weighted by molar-refractivity contribution is -0.144. The Morgan fingerprint density at radius 2 is 2.23 bits per heavy atom. The molecular weight excluding hydrogens is 344 g/mol. The minimum atomic E-state index is -0.257. The van der Waals surface area contributed by atoms with Crippen LogP contribution in [0.25, 0.3) is 0 Å². The van der Waals surface area contributed by atoms with Gasteiger partial charge in [0.25, 0.3) is 0 Å². The number of nitrogens with zero attached hydrogens (tertiary/aromatic N) is 3. The van der Waals surface area contributed by atoms with E-state index in [0.29, 0.717) is 12.6 Å². The molecule has 0 aliphatic carbocycles. The molecule has 6 heteroatoms. The van der Waals surface area contributed by atoms with Crippen LogP contribution >= 0.6 is 11.3 Å². The van der Waals surface area contributed by atoms with Gasteiger partial charge in [-0.3, -0.25) is 9.69 Å². The van der Waals surface area contributed by atoms with Gasteiger partial charge < -0.3 is 10.2 Å². The highest BCUT2D eigenvalue weighted by Crippen LogP contribution is 2.42. The number of amides is 1. The maximum Gasteiger partial charge on any atom is 0.228 e. The van der Waals surface area contributed by atoms with E-state index in [2.05, 4.69) is 47.1 Å². The van der Waals surface area contributed by atoms with Crippen molar-refractivity contribution in [2.75, 3.05) is 33.2 Å². The fourth-order valence-electron chi connectivity index (χ4n) is 4.34. The van der Waals surface area contributed by atoms with Gasteiger partial charge in [0.15, 0.2) is 0 Å². The molecule has 2 atom stereocenters. The summed E-state index contributed by atoms with van der Waals surface area (Å²) in [5.41, 5.74) is 2.11. The fourth-order valence-corrected chi connectivity index (χ4v) is 5.05. The topological polar surface area (TPSA) is 48.5 Å². The molecule has 3 rings (SSSR count). The average molecular weight is 377 g/mol. The van der Waals surface area contributed by atoms with Gasteiger partial charge in [0, 0.05) is 30.2 Å². The molecule has 2 aliphatic heterocycles. The molecule has 0 aromatic carbocycles. The number of carbonyl (C=O) groups excluding carboxylic acids is 1. The van der Waals surface area contributed by atoms with Crippen molar-refractivity contribution < 1.29 is 4.79 Å². The molecule has 0 unspecified atom stereocenters. The summed E-state index contributed by atoms with van der Waals surface area (Å²) < 4.78 is 0. The first kappa shape index (κ1) is 19.5. The number of piperidine rings is 2. The van der Waals surface area contributed by atoms with E-state index in [1.807, 2.05) is 12.3 Å². The van der Waals surface area contributed by atoms with Gasteiger partial charge in [0.05, 0.1) is 12.0 Å². The smallest absolute Gasteiger partial charge is 0.228 e. The van der Waals surface area contributed by atoms with Crippen molar-refractivity contribution in [1.29, 1.82) is 0 Å². The summed E-state index contributed by atoms with van der Waals surface area (Å²) in [6.45, 7) is 10.8. The second-order valence-electron chi connectivity index (χ2n) is 8.13. The summed E-state index contributed by atoms with van der Waals surface area (Å²) in [5, 5.41) is 6.26. The predicted molar refractivity (Wildman–Crippen MR) is 107 cm³/mol. The van der Waals surface area contributed by atoms with Crippen molar-refractivity contribution >= 4 is 17.2 Å². The normalized spacial score (nSPS) is 27.0. The lowest BCUT2D eigenvalue weighted by atomic mass is 9.67. The zero-order valence-electron chi connectivity index (χ0n) is 16.5. The molecule has 1 aromatic heterocycles. The highest BCUT2D eigenvalue weighted by atomic mass is 32.1. The molecule has 0 bridgehead atoms. The molecule has 1 aromatic rings. The van der Waals surface area contributed by atoms with Crippen LogP contribution in [0.3, 0.4) is 0 Å².